The molecule has 1 saturated heterocycles. The van der Waals surface area contributed by atoms with Crippen molar-refractivity contribution in [1.82, 2.24) is 4.90 Å². The van der Waals surface area contributed by atoms with Gasteiger partial charge >= 0.3 is 0 Å². The number of hydrogen-bond donors (Lipinski definition) is 2. The Hall–Kier alpha value is -2.04. The monoisotopic (exact) mass is 370 g/mol. The number of nitrogens with two attached hydrogens (primary N) is 1. The van der Waals surface area contributed by atoms with Gasteiger partial charge in [0.05, 0.1) is 0 Å². The van der Waals surface area contributed by atoms with E-state index in [9.17, 15) is 0 Å². The zero-order valence-corrected chi connectivity index (χ0v) is 16.2. The second kappa shape index (κ2) is 8.56. The lowest BCUT2D eigenvalue weighted by molar-refractivity contribution is 0.125. The van der Waals surface area contributed by atoms with Gasteiger partial charge in [0.1, 0.15) is 0 Å². The number of nitrogens with zero attached hydrogens (tertiary/aromatic N) is 2. The quantitative estimate of drug-likeness (QED) is 0.617. The highest BCUT2D eigenvalue weighted by molar-refractivity contribution is 6.30. The van der Waals surface area contributed by atoms with Gasteiger partial charge in [-0.3, -0.25) is 9.89 Å². The maximum Gasteiger partial charge on any atom is 0.193 e. The summed E-state index contributed by atoms with van der Waals surface area (Å²) in [5.41, 5.74) is 9.54. The molecule has 0 bridgehead atoms. The largest absolute Gasteiger partial charge is 0.370 e. The van der Waals surface area contributed by atoms with Crippen LogP contribution in [0.15, 0.2) is 53.5 Å². The second-order valence-corrected chi connectivity index (χ2v) is 7.54. The van der Waals surface area contributed by atoms with Crippen molar-refractivity contribution in [1.29, 1.82) is 0 Å². The third kappa shape index (κ3) is 4.77. The molecule has 4 nitrogen and oxygen atoms in total. The summed E-state index contributed by atoms with van der Waals surface area (Å²) in [6, 6.07) is 16.6. The zero-order valence-electron chi connectivity index (χ0n) is 15.5. The van der Waals surface area contributed by atoms with E-state index in [4.69, 9.17) is 17.3 Å². The molecule has 5 heteroatoms. The molecule has 2 unspecified atom stereocenters. The summed E-state index contributed by atoms with van der Waals surface area (Å²) < 4.78 is 0. The van der Waals surface area contributed by atoms with E-state index in [0.29, 0.717) is 24.5 Å². The first-order valence-electron chi connectivity index (χ1n) is 9.12. The van der Waals surface area contributed by atoms with Crippen molar-refractivity contribution in [2.24, 2.45) is 16.6 Å². The van der Waals surface area contributed by atoms with Crippen LogP contribution in [0.2, 0.25) is 5.02 Å². The van der Waals surface area contributed by atoms with Gasteiger partial charge in [0.15, 0.2) is 5.96 Å². The Bertz CT molecular complexity index is 774. The molecule has 26 heavy (non-hydrogen) atoms. The number of halogens is 1. The first-order valence-corrected chi connectivity index (χ1v) is 9.50. The first-order chi connectivity index (χ1) is 12.5. The fraction of sp³-hybridized carbons (Fsp3) is 0.381. The minimum absolute atomic E-state index is 0.318. The molecular formula is C21H27ClN4. The summed E-state index contributed by atoms with van der Waals surface area (Å²) in [5.74, 6) is 0.888. The summed E-state index contributed by atoms with van der Waals surface area (Å²) in [7, 11) is 2.18. The molecule has 1 aliphatic rings. The number of nitrogens with one attached hydrogen (secondary N) is 1. The van der Waals surface area contributed by atoms with Crippen LogP contribution >= 0.6 is 11.6 Å². The fourth-order valence-electron chi connectivity index (χ4n) is 3.79. The Morgan fingerprint density at radius 3 is 2.85 bits per heavy atom. The van der Waals surface area contributed by atoms with Crippen LogP contribution in [0.3, 0.4) is 0 Å². The normalized spacial score (nSPS) is 21.6. The summed E-state index contributed by atoms with van der Waals surface area (Å²) in [6.07, 6.45) is 2.32. The molecule has 0 saturated carbocycles. The van der Waals surface area contributed by atoms with Gasteiger partial charge in [0, 0.05) is 23.3 Å². The maximum absolute atomic E-state index is 6.21. The first kappa shape index (κ1) is 18.7. The van der Waals surface area contributed by atoms with E-state index in [1.54, 1.807) is 0 Å². The smallest absolute Gasteiger partial charge is 0.193 e. The van der Waals surface area contributed by atoms with E-state index >= 15 is 0 Å². The van der Waals surface area contributed by atoms with E-state index in [1.165, 1.54) is 17.5 Å². The van der Waals surface area contributed by atoms with Gasteiger partial charge in [-0.15, -0.1) is 0 Å². The third-order valence-corrected chi connectivity index (χ3v) is 5.22. The SMILES string of the molecule is Cc1cccc(NC(N)=NCC2CCCN(C)C2c2cccc(Cl)c2)c1. The lowest BCUT2D eigenvalue weighted by Crippen LogP contribution is -2.38. The van der Waals surface area contributed by atoms with E-state index in [1.807, 2.05) is 24.3 Å². The summed E-state index contributed by atoms with van der Waals surface area (Å²) in [6.45, 7) is 3.85. The van der Waals surface area contributed by atoms with Crippen LogP contribution in [0.25, 0.3) is 0 Å². The Labute approximate surface area is 161 Å². The van der Waals surface area contributed by atoms with E-state index < -0.39 is 0 Å². The minimum atomic E-state index is 0.318. The molecule has 1 heterocycles. The summed E-state index contributed by atoms with van der Waals surface area (Å²) in [4.78, 5) is 7.03. The Morgan fingerprint density at radius 1 is 1.27 bits per heavy atom. The Balaban J connectivity index is 1.71. The van der Waals surface area contributed by atoms with Gasteiger partial charge in [-0.25, -0.2) is 0 Å². The molecule has 0 amide bonds. The summed E-state index contributed by atoms with van der Waals surface area (Å²) in [5, 5.41) is 3.97. The fourth-order valence-corrected chi connectivity index (χ4v) is 3.99. The van der Waals surface area contributed by atoms with Crippen LogP contribution in [0, 0.1) is 12.8 Å². The van der Waals surface area contributed by atoms with Gasteiger partial charge in [0.2, 0.25) is 0 Å². The van der Waals surface area contributed by atoms with Crippen LogP contribution in [0.1, 0.15) is 30.0 Å². The molecule has 1 fully saturated rings. The van der Waals surface area contributed by atoms with Gasteiger partial charge in [-0.2, -0.15) is 0 Å². The number of hydrogen-bond acceptors (Lipinski definition) is 2. The lowest BCUT2D eigenvalue weighted by Gasteiger charge is -2.39. The molecule has 0 radical (unpaired) electrons. The number of benzene rings is 2. The molecule has 2 atom stereocenters. The van der Waals surface area contributed by atoms with Crippen LogP contribution in [0.4, 0.5) is 5.69 Å². The lowest BCUT2D eigenvalue weighted by atomic mass is 9.85. The highest BCUT2D eigenvalue weighted by Gasteiger charge is 2.30. The third-order valence-electron chi connectivity index (χ3n) is 4.98. The van der Waals surface area contributed by atoms with Crippen molar-refractivity contribution in [2.45, 2.75) is 25.8 Å². The standard InChI is InChI=1S/C21H27ClN4/c1-15-6-3-10-19(12-15)25-21(23)24-14-17-8-5-11-26(2)20(17)16-7-4-9-18(22)13-16/h3-4,6-7,9-10,12-13,17,20H,5,8,11,14H2,1-2H3,(H3,23,24,25). The van der Waals surface area contributed by atoms with Crippen molar-refractivity contribution < 1.29 is 0 Å². The number of likely N-dealkylation sites (tertiary alicyclic amines) is 1. The average Bonchev–Trinajstić information content (AvgIpc) is 2.60. The maximum atomic E-state index is 6.21. The predicted octanol–water partition coefficient (Wildman–Crippen LogP) is 4.46. The summed E-state index contributed by atoms with van der Waals surface area (Å²) >= 11 is 6.21. The Kier molecular flexibility index (Phi) is 6.17. The number of piperidine rings is 1. The molecule has 1 aliphatic heterocycles. The van der Waals surface area contributed by atoms with Gasteiger partial charge < -0.3 is 11.1 Å². The van der Waals surface area contributed by atoms with Crippen LogP contribution in [-0.2, 0) is 0 Å². The average molecular weight is 371 g/mol. The van der Waals surface area contributed by atoms with E-state index in [-0.39, 0.29) is 0 Å². The van der Waals surface area contributed by atoms with Crippen molar-refractivity contribution >= 4 is 23.2 Å². The van der Waals surface area contributed by atoms with Crippen LogP contribution in [-0.4, -0.2) is 31.0 Å². The van der Waals surface area contributed by atoms with E-state index in [2.05, 4.69) is 53.4 Å². The van der Waals surface area contributed by atoms with Crippen molar-refractivity contribution in [3.63, 3.8) is 0 Å². The van der Waals surface area contributed by atoms with Crippen LogP contribution < -0.4 is 11.1 Å². The van der Waals surface area contributed by atoms with Crippen molar-refractivity contribution in [3.05, 3.63) is 64.7 Å². The van der Waals surface area contributed by atoms with Crippen molar-refractivity contribution in [3.8, 4) is 0 Å². The number of aliphatic imine (C=N–C) groups is 1. The van der Waals surface area contributed by atoms with Gasteiger partial charge in [0.25, 0.3) is 0 Å². The number of rotatable bonds is 4. The van der Waals surface area contributed by atoms with E-state index in [0.717, 1.165) is 23.7 Å². The predicted molar refractivity (Wildman–Crippen MR) is 111 cm³/mol. The molecule has 0 aliphatic carbocycles. The highest BCUT2D eigenvalue weighted by Crippen LogP contribution is 2.36. The number of aryl methyl sites for hydroxylation is 1. The molecule has 3 N–H and O–H groups in total. The molecule has 0 spiro atoms. The molecule has 138 valence electrons. The molecule has 3 rings (SSSR count). The van der Waals surface area contributed by atoms with Crippen molar-refractivity contribution in [2.75, 3.05) is 25.5 Å². The molecular weight excluding hydrogens is 344 g/mol. The zero-order chi connectivity index (χ0) is 18.5. The Morgan fingerprint density at radius 2 is 2.08 bits per heavy atom. The topological polar surface area (TPSA) is 53.6 Å². The van der Waals surface area contributed by atoms with Gasteiger partial charge in [-0.1, -0.05) is 35.9 Å². The number of anilines is 1. The van der Waals surface area contributed by atoms with Crippen LogP contribution in [0.5, 0.6) is 0 Å². The highest BCUT2D eigenvalue weighted by atomic mass is 35.5. The molecule has 2 aromatic rings. The number of guanidine groups is 1. The molecule has 0 aromatic heterocycles. The molecule has 2 aromatic carbocycles. The van der Waals surface area contributed by atoms with Gasteiger partial charge in [-0.05, 0) is 74.7 Å². The second-order valence-electron chi connectivity index (χ2n) is 7.10. The minimum Gasteiger partial charge on any atom is -0.370 e.